The zero-order valence-corrected chi connectivity index (χ0v) is 21.7. The number of carbonyl (C=O) groups excluding carboxylic acids is 1. The van der Waals surface area contributed by atoms with E-state index in [2.05, 4.69) is 10.4 Å². The summed E-state index contributed by atoms with van der Waals surface area (Å²) in [6, 6.07) is 8.40. The van der Waals surface area contributed by atoms with Crippen molar-refractivity contribution in [2.24, 2.45) is 11.8 Å². The van der Waals surface area contributed by atoms with E-state index in [1.807, 2.05) is 0 Å². The number of sulfone groups is 1. The standard InChI is InChI=1S/C26H26ClF2N3O5S/c27-20-6-2-15(25(34)31-18-5-7-21(28)22(29)13-18)10-23(20)38(36,37)19-11-16-3-4-17(12-19)26(16,35)24(33)14-32-9-1-8-30-32/h1-2,5-10,13,16-17,19,24,33,35H,3-4,11-12,14H2,(H,31,34)/t16-,17?,19-,24?,26-/m0/s1. The Morgan fingerprint density at radius 2 is 1.87 bits per heavy atom. The summed E-state index contributed by atoms with van der Waals surface area (Å²) in [4.78, 5) is 12.5. The molecule has 202 valence electrons. The molecular weight excluding hydrogens is 540 g/mol. The molecule has 2 saturated carbocycles. The van der Waals surface area contributed by atoms with Gasteiger partial charge < -0.3 is 15.5 Å². The minimum absolute atomic E-state index is 0.00469. The molecule has 1 amide bonds. The minimum Gasteiger partial charge on any atom is -0.388 e. The molecule has 8 nitrogen and oxygen atoms in total. The molecule has 2 fully saturated rings. The van der Waals surface area contributed by atoms with E-state index >= 15 is 0 Å². The van der Waals surface area contributed by atoms with Gasteiger partial charge in [-0.3, -0.25) is 9.48 Å². The zero-order valence-electron chi connectivity index (χ0n) is 20.1. The Bertz CT molecular complexity index is 1450. The van der Waals surface area contributed by atoms with Crippen LogP contribution in [0.1, 0.15) is 36.0 Å². The maximum absolute atomic E-state index is 13.7. The summed E-state index contributed by atoms with van der Waals surface area (Å²) in [5.74, 6) is -3.80. The highest BCUT2D eigenvalue weighted by Crippen LogP contribution is 2.53. The van der Waals surface area contributed by atoms with Crippen LogP contribution in [-0.4, -0.2) is 51.3 Å². The predicted molar refractivity (Wildman–Crippen MR) is 135 cm³/mol. The molecule has 2 unspecified atom stereocenters. The van der Waals surface area contributed by atoms with E-state index in [-0.39, 0.29) is 40.6 Å². The number of carbonyl (C=O) groups is 1. The highest BCUT2D eigenvalue weighted by atomic mass is 35.5. The van der Waals surface area contributed by atoms with E-state index in [0.717, 1.165) is 12.1 Å². The summed E-state index contributed by atoms with van der Waals surface area (Å²) in [7, 11) is -4.02. The van der Waals surface area contributed by atoms with Gasteiger partial charge in [0, 0.05) is 29.7 Å². The minimum atomic E-state index is -4.02. The molecule has 5 atom stereocenters. The molecule has 1 heterocycles. The quantitative estimate of drug-likeness (QED) is 0.400. The van der Waals surface area contributed by atoms with Crippen molar-refractivity contribution in [3.63, 3.8) is 0 Å². The first kappa shape index (κ1) is 26.7. The number of halogens is 3. The number of aliphatic hydroxyl groups excluding tert-OH is 1. The number of benzene rings is 2. The van der Waals surface area contributed by atoms with Gasteiger partial charge in [-0.15, -0.1) is 0 Å². The van der Waals surface area contributed by atoms with E-state index in [9.17, 15) is 32.2 Å². The van der Waals surface area contributed by atoms with Gasteiger partial charge in [0.2, 0.25) is 0 Å². The highest BCUT2D eigenvalue weighted by Gasteiger charge is 2.59. The van der Waals surface area contributed by atoms with Crippen LogP contribution in [0.15, 0.2) is 59.8 Å². The topological polar surface area (TPSA) is 122 Å². The number of nitrogens with zero attached hydrogens (tertiary/aromatic N) is 2. The second-order valence-corrected chi connectivity index (χ2v) is 12.6. The Hall–Kier alpha value is -2.86. The van der Waals surface area contributed by atoms with Gasteiger partial charge in [-0.25, -0.2) is 17.2 Å². The lowest BCUT2D eigenvalue weighted by Gasteiger charge is -2.45. The molecule has 1 aromatic heterocycles. The van der Waals surface area contributed by atoms with Gasteiger partial charge in [-0.05, 0) is 73.9 Å². The lowest BCUT2D eigenvalue weighted by molar-refractivity contribution is -0.147. The Balaban J connectivity index is 1.36. The number of anilines is 1. The highest BCUT2D eigenvalue weighted by molar-refractivity contribution is 7.92. The van der Waals surface area contributed by atoms with Crippen molar-refractivity contribution >= 4 is 33.0 Å². The van der Waals surface area contributed by atoms with E-state index in [1.54, 1.807) is 18.5 Å². The van der Waals surface area contributed by atoms with E-state index in [1.165, 1.54) is 28.9 Å². The molecule has 2 aliphatic rings. The second-order valence-electron chi connectivity index (χ2n) is 9.97. The maximum Gasteiger partial charge on any atom is 0.255 e. The number of nitrogens with one attached hydrogen (secondary N) is 1. The zero-order chi connectivity index (χ0) is 27.2. The third kappa shape index (κ3) is 4.72. The number of aliphatic hydroxyl groups is 2. The molecule has 3 aromatic rings. The van der Waals surface area contributed by atoms with Crippen LogP contribution in [0.4, 0.5) is 14.5 Å². The average Bonchev–Trinajstić information content (AvgIpc) is 3.42. The van der Waals surface area contributed by atoms with E-state index < -0.39 is 56.2 Å². The van der Waals surface area contributed by atoms with Crippen molar-refractivity contribution < 1.29 is 32.2 Å². The summed E-state index contributed by atoms with van der Waals surface area (Å²) in [5.41, 5.74) is -1.46. The Kier molecular flexibility index (Phi) is 7.06. The van der Waals surface area contributed by atoms with Crippen molar-refractivity contribution in [2.45, 2.75) is 54.1 Å². The third-order valence-electron chi connectivity index (χ3n) is 7.84. The fourth-order valence-electron chi connectivity index (χ4n) is 5.89. The molecule has 38 heavy (non-hydrogen) atoms. The SMILES string of the molecule is O=C(Nc1ccc(F)c(F)c1)c1ccc(Cl)c(S(=O)(=O)[C@@H]2CC3CC[C@@H](C2)[C@@]3(O)C(O)Cn2cccn2)c1. The average molecular weight is 566 g/mol. The first-order valence-electron chi connectivity index (χ1n) is 12.2. The van der Waals surface area contributed by atoms with Crippen LogP contribution < -0.4 is 5.32 Å². The van der Waals surface area contributed by atoms with Crippen molar-refractivity contribution in [2.75, 3.05) is 5.32 Å². The Morgan fingerprint density at radius 3 is 2.50 bits per heavy atom. The molecule has 2 bridgehead atoms. The van der Waals surface area contributed by atoms with Crippen LogP contribution in [-0.2, 0) is 16.4 Å². The lowest BCUT2D eigenvalue weighted by Crippen LogP contribution is -2.56. The molecular formula is C26H26ClF2N3O5S. The number of fused-ring (bicyclic) bond motifs is 2. The number of hydrogen-bond donors (Lipinski definition) is 3. The van der Waals surface area contributed by atoms with Crippen molar-refractivity contribution in [3.8, 4) is 0 Å². The number of rotatable bonds is 7. The molecule has 0 aliphatic heterocycles. The largest absolute Gasteiger partial charge is 0.388 e. The third-order valence-corrected chi connectivity index (χ3v) is 10.5. The van der Waals surface area contributed by atoms with Gasteiger partial charge in [-0.1, -0.05) is 11.6 Å². The smallest absolute Gasteiger partial charge is 0.255 e. The maximum atomic E-state index is 13.7. The van der Waals surface area contributed by atoms with Crippen LogP contribution >= 0.6 is 11.6 Å². The van der Waals surface area contributed by atoms with Crippen LogP contribution in [0, 0.1) is 23.5 Å². The van der Waals surface area contributed by atoms with Crippen molar-refractivity contribution in [3.05, 3.63) is 77.1 Å². The molecule has 0 spiro atoms. The fourth-order valence-corrected chi connectivity index (χ4v) is 8.29. The normalized spacial score (nSPS) is 25.8. The summed E-state index contributed by atoms with van der Waals surface area (Å²) < 4.78 is 55.7. The molecule has 12 heteroatoms. The molecule has 0 radical (unpaired) electrons. The second kappa shape index (κ2) is 10.0. The van der Waals surface area contributed by atoms with Gasteiger partial charge >= 0.3 is 0 Å². The number of amides is 1. The first-order valence-corrected chi connectivity index (χ1v) is 14.1. The molecule has 2 aliphatic carbocycles. The van der Waals surface area contributed by atoms with Crippen molar-refractivity contribution in [1.82, 2.24) is 9.78 Å². The summed E-state index contributed by atoms with van der Waals surface area (Å²) in [6.07, 6.45) is 3.56. The monoisotopic (exact) mass is 565 g/mol. The van der Waals surface area contributed by atoms with Gasteiger partial charge in [0.05, 0.1) is 27.3 Å². The van der Waals surface area contributed by atoms with Crippen LogP contribution in [0.3, 0.4) is 0 Å². The molecule has 5 rings (SSSR count). The van der Waals surface area contributed by atoms with Gasteiger partial charge in [0.25, 0.3) is 5.91 Å². The number of hydrogen-bond acceptors (Lipinski definition) is 6. The van der Waals surface area contributed by atoms with Crippen LogP contribution in [0.2, 0.25) is 5.02 Å². The predicted octanol–water partition coefficient (Wildman–Crippen LogP) is 3.82. The summed E-state index contributed by atoms with van der Waals surface area (Å²) in [6.45, 7) is 0.0921. The fraction of sp³-hybridized carbons (Fsp3) is 0.385. The molecule has 0 saturated heterocycles. The Morgan fingerprint density at radius 1 is 1.16 bits per heavy atom. The number of aromatic nitrogens is 2. The first-order chi connectivity index (χ1) is 18.0. The van der Waals surface area contributed by atoms with Crippen molar-refractivity contribution in [1.29, 1.82) is 0 Å². The van der Waals surface area contributed by atoms with Gasteiger partial charge in [0.15, 0.2) is 21.5 Å². The Labute approximate surface area is 223 Å². The van der Waals surface area contributed by atoms with Crippen LogP contribution in [0.5, 0.6) is 0 Å². The molecule has 2 aromatic carbocycles. The van der Waals surface area contributed by atoms with Gasteiger partial charge in [-0.2, -0.15) is 5.10 Å². The van der Waals surface area contributed by atoms with Gasteiger partial charge in [0.1, 0.15) is 6.10 Å². The van der Waals surface area contributed by atoms with Crippen LogP contribution in [0.25, 0.3) is 0 Å². The summed E-state index contributed by atoms with van der Waals surface area (Å²) in [5, 5.41) is 28.0. The van der Waals surface area contributed by atoms with E-state index in [0.29, 0.717) is 12.8 Å². The summed E-state index contributed by atoms with van der Waals surface area (Å²) >= 11 is 6.28. The van der Waals surface area contributed by atoms with E-state index in [4.69, 9.17) is 11.6 Å². The molecule has 3 N–H and O–H groups in total. The lowest BCUT2D eigenvalue weighted by atomic mass is 9.71.